The van der Waals surface area contributed by atoms with E-state index in [1.807, 2.05) is 6.08 Å². The van der Waals surface area contributed by atoms with E-state index in [9.17, 15) is 14.4 Å². The average molecular weight is 310 g/mol. The smallest absolute Gasteiger partial charge is 0.261 e. The number of amides is 3. The van der Waals surface area contributed by atoms with E-state index < -0.39 is 0 Å². The monoisotopic (exact) mass is 310 g/mol. The second-order valence-electron chi connectivity index (χ2n) is 5.66. The maximum absolute atomic E-state index is 12.3. The van der Waals surface area contributed by atoms with Gasteiger partial charge in [-0.15, -0.1) is 0 Å². The van der Waals surface area contributed by atoms with Gasteiger partial charge in [-0.25, -0.2) is 0 Å². The number of hydrogen-bond donors (Lipinski definition) is 0. The molecule has 1 aromatic rings. The maximum Gasteiger partial charge on any atom is 0.261 e. The van der Waals surface area contributed by atoms with Gasteiger partial charge in [0.25, 0.3) is 11.8 Å². The molecule has 3 rings (SSSR count). The first-order valence-corrected chi connectivity index (χ1v) is 7.66. The van der Waals surface area contributed by atoms with Crippen LogP contribution >= 0.6 is 0 Å². The van der Waals surface area contributed by atoms with Gasteiger partial charge in [-0.05, 0) is 31.1 Å². The Morgan fingerprint density at radius 3 is 2.35 bits per heavy atom. The van der Waals surface area contributed by atoms with Crippen LogP contribution < -0.4 is 0 Å². The van der Waals surface area contributed by atoms with E-state index in [1.54, 1.807) is 29.2 Å². The lowest BCUT2D eigenvalue weighted by Gasteiger charge is -2.26. The molecule has 0 fully saturated rings. The third kappa shape index (κ3) is 2.82. The molecule has 0 aliphatic carbocycles. The molecule has 0 unspecified atom stereocenters. The molecule has 118 valence electrons. The number of benzene rings is 1. The summed E-state index contributed by atoms with van der Waals surface area (Å²) < 4.78 is 0. The highest BCUT2D eigenvalue weighted by Gasteiger charge is 2.34. The summed E-state index contributed by atoms with van der Waals surface area (Å²) in [4.78, 5) is 39.1. The lowest BCUT2D eigenvalue weighted by Crippen LogP contribution is -2.35. The summed E-state index contributed by atoms with van der Waals surface area (Å²) in [5, 5.41) is 0. The third-order valence-electron chi connectivity index (χ3n) is 4.32. The van der Waals surface area contributed by atoms with Gasteiger partial charge < -0.3 is 4.90 Å². The van der Waals surface area contributed by atoms with Gasteiger partial charge in [0.2, 0.25) is 5.91 Å². The van der Waals surface area contributed by atoms with Gasteiger partial charge in [-0.2, -0.15) is 0 Å². The number of carbonyl (C=O) groups excluding carboxylic acids is 3. The molecule has 2 aliphatic rings. The van der Waals surface area contributed by atoms with Gasteiger partial charge in [-0.3, -0.25) is 19.3 Å². The van der Waals surface area contributed by atoms with Crippen LogP contribution in [0.25, 0.3) is 0 Å². The third-order valence-corrected chi connectivity index (χ3v) is 4.32. The van der Waals surface area contributed by atoms with Crippen LogP contribution in [0.5, 0.6) is 0 Å². The minimum absolute atomic E-state index is 0.0688. The van der Waals surface area contributed by atoms with Crippen molar-refractivity contribution in [3.05, 3.63) is 59.7 Å². The molecule has 1 aromatic carbocycles. The van der Waals surface area contributed by atoms with Crippen molar-refractivity contribution in [1.82, 2.24) is 9.80 Å². The topological polar surface area (TPSA) is 57.7 Å². The summed E-state index contributed by atoms with van der Waals surface area (Å²) in [5.74, 6) is -0.503. The first-order chi connectivity index (χ1) is 11.1. The molecule has 3 amide bonds. The second kappa shape index (κ2) is 6.20. The van der Waals surface area contributed by atoms with Gasteiger partial charge in [-0.1, -0.05) is 30.4 Å². The molecular formula is C18H18N2O3. The van der Waals surface area contributed by atoms with Crippen molar-refractivity contribution < 1.29 is 14.4 Å². The zero-order chi connectivity index (χ0) is 16.4. The van der Waals surface area contributed by atoms with Crippen LogP contribution in [0.1, 0.15) is 33.6 Å². The Balaban J connectivity index is 1.61. The molecule has 0 N–H and O–H groups in total. The van der Waals surface area contributed by atoms with E-state index in [2.05, 4.69) is 6.58 Å². The number of nitrogens with zero attached hydrogens (tertiary/aromatic N) is 2. The van der Waals surface area contributed by atoms with Crippen LogP contribution in [-0.4, -0.2) is 47.2 Å². The molecule has 0 saturated carbocycles. The van der Waals surface area contributed by atoms with Crippen molar-refractivity contribution in [3.63, 3.8) is 0 Å². The standard InChI is InChI=1S/C18H18N2O3/c1-2-16(21)19-10-7-13(8-11-19)9-12-20-17(22)14-5-3-4-6-15(14)18(20)23/h2-7H,1,8-12H2. The Hall–Kier alpha value is -2.69. The Labute approximate surface area is 134 Å². The van der Waals surface area contributed by atoms with Gasteiger partial charge >= 0.3 is 0 Å². The van der Waals surface area contributed by atoms with Crippen LogP contribution in [0.4, 0.5) is 0 Å². The summed E-state index contributed by atoms with van der Waals surface area (Å²) in [6.07, 6.45) is 4.74. The fraction of sp³-hybridized carbons (Fsp3) is 0.278. The maximum atomic E-state index is 12.3. The molecular weight excluding hydrogens is 292 g/mol. The summed E-state index contributed by atoms with van der Waals surface area (Å²) in [6.45, 7) is 5.08. The predicted octanol–water partition coefficient (Wildman–Crippen LogP) is 2.02. The quantitative estimate of drug-likeness (QED) is 0.486. The van der Waals surface area contributed by atoms with Crippen molar-refractivity contribution in [2.45, 2.75) is 12.8 Å². The van der Waals surface area contributed by atoms with E-state index in [0.29, 0.717) is 37.2 Å². The first-order valence-electron chi connectivity index (χ1n) is 7.66. The molecule has 0 spiro atoms. The molecule has 2 heterocycles. The highest BCUT2D eigenvalue weighted by molar-refractivity contribution is 6.21. The normalized spacial score (nSPS) is 17.1. The van der Waals surface area contributed by atoms with Crippen LogP contribution in [0.2, 0.25) is 0 Å². The fourth-order valence-electron chi connectivity index (χ4n) is 2.97. The Bertz CT molecular complexity index is 686. The van der Waals surface area contributed by atoms with E-state index in [1.165, 1.54) is 16.5 Å². The van der Waals surface area contributed by atoms with Gasteiger partial charge in [0.05, 0.1) is 11.1 Å². The molecule has 5 nitrogen and oxygen atoms in total. The highest BCUT2D eigenvalue weighted by atomic mass is 16.2. The number of fused-ring (bicyclic) bond motifs is 1. The molecule has 2 aliphatic heterocycles. The zero-order valence-corrected chi connectivity index (χ0v) is 12.8. The molecule has 5 heteroatoms. The fourth-order valence-corrected chi connectivity index (χ4v) is 2.97. The number of carbonyl (C=O) groups is 3. The first kappa shape index (κ1) is 15.2. The van der Waals surface area contributed by atoms with E-state index in [0.717, 1.165) is 6.42 Å². The van der Waals surface area contributed by atoms with Gasteiger partial charge in [0.1, 0.15) is 0 Å². The van der Waals surface area contributed by atoms with Gasteiger partial charge in [0.15, 0.2) is 0 Å². The molecule has 0 atom stereocenters. The lowest BCUT2D eigenvalue weighted by molar-refractivity contribution is -0.125. The minimum Gasteiger partial charge on any atom is -0.335 e. The molecule has 0 aromatic heterocycles. The van der Waals surface area contributed by atoms with Crippen LogP contribution in [-0.2, 0) is 4.79 Å². The predicted molar refractivity (Wildman–Crippen MR) is 85.9 cm³/mol. The molecule has 0 radical (unpaired) electrons. The SMILES string of the molecule is C=CC(=O)N1CC=C(CCN2C(=O)c3ccccc3C2=O)CC1. The molecule has 0 bridgehead atoms. The largest absolute Gasteiger partial charge is 0.335 e. The van der Waals surface area contributed by atoms with E-state index >= 15 is 0 Å². The van der Waals surface area contributed by atoms with Gasteiger partial charge in [0, 0.05) is 19.6 Å². The summed E-state index contributed by atoms with van der Waals surface area (Å²) >= 11 is 0. The average Bonchev–Trinajstić information content (AvgIpc) is 2.84. The van der Waals surface area contributed by atoms with Crippen molar-refractivity contribution in [2.75, 3.05) is 19.6 Å². The number of hydrogen-bond acceptors (Lipinski definition) is 3. The lowest BCUT2D eigenvalue weighted by atomic mass is 10.0. The number of imide groups is 1. The number of rotatable bonds is 4. The summed E-state index contributed by atoms with van der Waals surface area (Å²) in [6, 6.07) is 6.91. The molecule has 0 saturated heterocycles. The van der Waals surface area contributed by atoms with Crippen molar-refractivity contribution in [2.24, 2.45) is 0 Å². The zero-order valence-electron chi connectivity index (χ0n) is 12.8. The van der Waals surface area contributed by atoms with Crippen LogP contribution in [0, 0.1) is 0 Å². The Morgan fingerprint density at radius 2 is 1.83 bits per heavy atom. The van der Waals surface area contributed by atoms with Crippen molar-refractivity contribution in [1.29, 1.82) is 0 Å². The molecule has 23 heavy (non-hydrogen) atoms. The van der Waals surface area contributed by atoms with Crippen molar-refractivity contribution >= 4 is 17.7 Å². The highest BCUT2D eigenvalue weighted by Crippen LogP contribution is 2.24. The van der Waals surface area contributed by atoms with Crippen LogP contribution in [0.3, 0.4) is 0 Å². The summed E-state index contributed by atoms with van der Waals surface area (Å²) in [7, 11) is 0. The van der Waals surface area contributed by atoms with Crippen LogP contribution in [0.15, 0.2) is 48.6 Å². The summed E-state index contributed by atoms with van der Waals surface area (Å²) in [5.41, 5.74) is 2.14. The van der Waals surface area contributed by atoms with Crippen molar-refractivity contribution in [3.8, 4) is 0 Å². The minimum atomic E-state index is -0.217. The second-order valence-corrected chi connectivity index (χ2v) is 5.66. The Kier molecular flexibility index (Phi) is 4.10. The van der Waals surface area contributed by atoms with E-state index in [-0.39, 0.29) is 17.7 Å². The Morgan fingerprint density at radius 1 is 1.17 bits per heavy atom. The van der Waals surface area contributed by atoms with E-state index in [4.69, 9.17) is 0 Å².